The molecule has 0 aromatic rings. The molecule has 6 nitrogen and oxygen atoms in total. The van der Waals surface area contributed by atoms with Crippen LogP contribution in [0.5, 0.6) is 0 Å². The summed E-state index contributed by atoms with van der Waals surface area (Å²) >= 11 is 0. The summed E-state index contributed by atoms with van der Waals surface area (Å²) in [5, 5.41) is 10.6. The van der Waals surface area contributed by atoms with Gasteiger partial charge in [0.25, 0.3) is 0 Å². The van der Waals surface area contributed by atoms with E-state index in [0.717, 1.165) is 0 Å². The number of aliphatic hydroxyl groups excluding tert-OH is 1. The maximum absolute atomic E-state index is 12.3. The molecule has 1 aliphatic heterocycles. The normalized spacial score (nSPS) is 32.2. The van der Waals surface area contributed by atoms with Crippen molar-refractivity contribution in [3.63, 3.8) is 0 Å². The van der Waals surface area contributed by atoms with E-state index < -0.39 is 36.2 Å². The van der Waals surface area contributed by atoms with Gasteiger partial charge >= 0.3 is 11.9 Å². The number of hydrogen-bond acceptors (Lipinski definition) is 6. The van der Waals surface area contributed by atoms with Gasteiger partial charge in [-0.15, -0.1) is 0 Å². The fourth-order valence-electron chi connectivity index (χ4n) is 3.16. The molecule has 26 heavy (non-hydrogen) atoms. The molecule has 0 unspecified atom stereocenters. The first-order valence-electron chi connectivity index (χ1n) is 8.46. The third-order valence-corrected chi connectivity index (χ3v) is 4.70. The number of ketones is 1. The number of esters is 2. The van der Waals surface area contributed by atoms with E-state index in [2.05, 4.69) is 6.58 Å². The van der Waals surface area contributed by atoms with E-state index in [1.807, 2.05) is 0 Å². The quantitative estimate of drug-likeness (QED) is 0.600. The molecule has 0 radical (unpaired) electrons. The molecule has 0 spiro atoms. The van der Waals surface area contributed by atoms with E-state index in [1.54, 1.807) is 33.8 Å². The van der Waals surface area contributed by atoms with Crippen LogP contribution in [-0.4, -0.2) is 41.1 Å². The summed E-state index contributed by atoms with van der Waals surface area (Å²) in [4.78, 5) is 36.5. The van der Waals surface area contributed by atoms with E-state index >= 15 is 0 Å². The van der Waals surface area contributed by atoms with E-state index in [9.17, 15) is 19.5 Å². The molecule has 4 atom stereocenters. The van der Waals surface area contributed by atoms with Gasteiger partial charge < -0.3 is 14.6 Å². The maximum Gasteiger partial charge on any atom is 0.334 e. The minimum atomic E-state index is -0.990. The van der Waals surface area contributed by atoms with Gasteiger partial charge in [-0.05, 0) is 51.8 Å². The van der Waals surface area contributed by atoms with Crippen LogP contribution in [0, 0.1) is 5.92 Å². The van der Waals surface area contributed by atoms with Crippen molar-refractivity contribution in [3.8, 4) is 0 Å². The molecule has 0 bridgehead atoms. The third-order valence-electron chi connectivity index (χ3n) is 4.70. The average molecular weight is 360 g/mol. The highest BCUT2D eigenvalue weighted by molar-refractivity contribution is 6.00. The van der Waals surface area contributed by atoms with E-state index in [4.69, 9.17) is 9.47 Å². The average Bonchev–Trinajstić information content (AvgIpc) is 2.85. The lowest BCUT2D eigenvalue weighted by atomic mass is 9.83. The standard InChI is InChI=1S/C20H24O6/c1-6-11(3)19(23)25-17-12(4)9-14(21)7-10(2)8-15(22)16-13(5)20(24)26-18(16)17/h6-7,9,15-18,22H,5,8H2,1-4H3/b10-7?,11-6-,12-9-/t15-,16+,17+,18-/m0/s1. The SMILES string of the molecule is C=C1C(=O)O[C@H]2[C@H]1[C@@H](O)CC(C)=CC(=O)/C=C(/C)[C@H]2OC(=O)/C(C)=C\C. The Hall–Kier alpha value is -2.47. The largest absolute Gasteiger partial charge is 0.454 e. The Labute approximate surface area is 152 Å². The molecule has 1 heterocycles. The first-order valence-corrected chi connectivity index (χ1v) is 8.46. The van der Waals surface area contributed by atoms with Crippen LogP contribution in [0.1, 0.15) is 34.1 Å². The molecule has 0 amide bonds. The maximum atomic E-state index is 12.3. The van der Waals surface area contributed by atoms with Crippen molar-refractivity contribution >= 4 is 17.7 Å². The highest BCUT2D eigenvalue weighted by Gasteiger charge is 2.48. The Morgan fingerprint density at radius 1 is 1.35 bits per heavy atom. The molecule has 2 aliphatic rings. The number of hydrogen-bond donors (Lipinski definition) is 1. The minimum Gasteiger partial charge on any atom is -0.454 e. The number of ether oxygens (including phenoxy) is 2. The lowest BCUT2D eigenvalue weighted by Crippen LogP contribution is -2.41. The van der Waals surface area contributed by atoms with Crippen molar-refractivity contribution in [2.45, 2.75) is 52.4 Å². The predicted octanol–water partition coefficient (Wildman–Crippen LogP) is 2.19. The van der Waals surface area contributed by atoms with Crippen LogP contribution in [0.4, 0.5) is 0 Å². The summed E-state index contributed by atoms with van der Waals surface area (Å²) in [7, 11) is 0. The Balaban J connectivity index is 2.52. The molecule has 1 fully saturated rings. The monoisotopic (exact) mass is 360 g/mol. The molecular formula is C20H24O6. The van der Waals surface area contributed by atoms with Gasteiger partial charge in [-0.1, -0.05) is 18.2 Å². The highest BCUT2D eigenvalue weighted by Crippen LogP contribution is 2.37. The first-order chi connectivity index (χ1) is 12.1. The van der Waals surface area contributed by atoms with Gasteiger partial charge in [0.05, 0.1) is 12.0 Å². The molecule has 1 aliphatic carbocycles. The molecule has 0 aromatic carbocycles. The minimum absolute atomic E-state index is 0.138. The van der Waals surface area contributed by atoms with Crippen LogP contribution in [0.2, 0.25) is 0 Å². The topological polar surface area (TPSA) is 89.9 Å². The Morgan fingerprint density at radius 2 is 2.00 bits per heavy atom. The van der Waals surface area contributed by atoms with Gasteiger partial charge in [0.1, 0.15) is 0 Å². The molecule has 140 valence electrons. The second-order valence-corrected chi connectivity index (χ2v) is 6.77. The number of allylic oxidation sites excluding steroid dienone is 3. The molecule has 1 N–H and O–H groups in total. The van der Waals surface area contributed by atoms with Crippen LogP contribution in [0.25, 0.3) is 0 Å². The molecule has 1 saturated heterocycles. The van der Waals surface area contributed by atoms with Crippen LogP contribution in [0.3, 0.4) is 0 Å². The lowest BCUT2D eigenvalue weighted by molar-refractivity contribution is -0.157. The number of carbonyl (C=O) groups is 3. The van der Waals surface area contributed by atoms with Crippen molar-refractivity contribution in [1.29, 1.82) is 0 Å². The summed E-state index contributed by atoms with van der Waals surface area (Å²) in [6.45, 7) is 10.4. The van der Waals surface area contributed by atoms with Crippen molar-refractivity contribution in [2.24, 2.45) is 5.92 Å². The molecule has 6 heteroatoms. The highest BCUT2D eigenvalue weighted by atomic mass is 16.6. The van der Waals surface area contributed by atoms with E-state index in [-0.39, 0.29) is 17.8 Å². The van der Waals surface area contributed by atoms with Gasteiger partial charge in [0.2, 0.25) is 0 Å². The number of fused-ring (bicyclic) bond motifs is 1. The number of carbonyl (C=O) groups excluding carboxylic acids is 3. The molecule has 0 aromatic heterocycles. The summed E-state index contributed by atoms with van der Waals surface area (Å²) in [5.41, 5.74) is 1.64. The van der Waals surface area contributed by atoms with Gasteiger partial charge in [-0.25, -0.2) is 9.59 Å². The van der Waals surface area contributed by atoms with Crippen molar-refractivity contribution in [3.05, 3.63) is 47.1 Å². The summed E-state index contributed by atoms with van der Waals surface area (Å²) < 4.78 is 10.9. The van der Waals surface area contributed by atoms with Crippen molar-refractivity contribution in [1.82, 2.24) is 0 Å². The number of aliphatic hydroxyl groups is 1. The smallest absolute Gasteiger partial charge is 0.334 e. The van der Waals surface area contributed by atoms with Crippen molar-refractivity contribution in [2.75, 3.05) is 0 Å². The van der Waals surface area contributed by atoms with E-state index in [1.165, 1.54) is 12.2 Å². The van der Waals surface area contributed by atoms with Crippen LogP contribution in [0.15, 0.2) is 47.1 Å². The van der Waals surface area contributed by atoms with Gasteiger partial charge in [0, 0.05) is 11.1 Å². The Kier molecular flexibility index (Phi) is 5.97. The van der Waals surface area contributed by atoms with Crippen LogP contribution >= 0.6 is 0 Å². The second-order valence-electron chi connectivity index (χ2n) is 6.77. The Morgan fingerprint density at radius 3 is 2.62 bits per heavy atom. The van der Waals surface area contributed by atoms with Gasteiger partial charge in [-0.3, -0.25) is 4.79 Å². The first kappa shape index (κ1) is 19.8. The zero-order valence-corrected chi connectivity index (χ0v) is 15.4. The van der Waals surface area contributed by atoms with E-state index in [0.29, 0.717) is 16.7 Å². The second kappa shape index (κ2) is 7.83. The molecule has 0 saturated carbocycles. The number of rotatable bonds is 2. The summed E-state index contributed by atoms with van der Waals surface area (Å²) in [5.74, 6) is -2.23. The van der Waals surface area contributed by atoms with Crippen LogP contribution < -0.4 is 0 Å². The lowest BCUT2D eigenvalue weighted by Gasteiger charge is -2.30. The third kappa shape index (κ3) is 4.02. The van der Waals surface area contributed by atoms with Crippen molar-refractivity contribution < 1.29 is 29.0 Å². The zero-order chi connectivity index (χ0) is 19.6. The van der Waals surface area contributed by atoms with Gasteiger partial charge in [0.15, 0.2) is 18.0 Å². The molecular weight excluding hydrogens is 336 g/mol. The summed E-state index contributed by atoms with van der Waals surface area (Å²) in [6.07, 6.45) is 1.65. The fraction of sp³-hybridized carbons (Fsp3) is 0.450. The van der Waals surface area contributed by atoms with Crippen LogP contribution in [-0.2, 0) is 23.9 Å². The fourth-order valence-corrected chi connectivity index (χ4v) is 3.16. The summed E-state index contributed by atoms with van der Waals surface area (Å²) in [6, 6.07) is 0. The molecule has 2 rings (SSSR count). The zero-order valence-electron chi connectivity index (χ0n) is 15.4. The predicted molar refractivity (Wildman–Crippen MR) is 95.0 cm³/mol. The van der Waals surface area contributed by atoms with Gasteiger partial charge in [-0.2, -0.15) is 0 Å². The Bertz CT molecular complexity index is 739.